The Balaban J connectivity index is 2.36. The number of nitrogens with zero attached hydrogens (tertiary/aromatic N) is 2. The third kappa shape index (κ3) is 2.13. The van der Waals surface area contributed by atoms with Crippen molar-refractivity contribution in [2.45, 2.75) is 19.3 Å². The van der Waals surface area contributed by atoms with Gasteiger partial charge in [-0.2, -0.15) is 0 Å². The number of halogens is 1. The quantitative estimate of drug-likeness (QED) is 0.599. The molecule has 0 bridgehead atoms. The standard InChI is InChI=1S/C16H15ClN2O3/c1-8-6-9-4-5-12(17)18-13(9)14-10(8)7-11(16(21)22-3)15(20)19(14)2/h4-5,7-8H,6H2,1-3H3. The van der Waals surface area contributed by atoms with Gasteiger partial charge in [-0.15, -0.1) is 0 Å². The summed E-state index contributed by atoms with van der Waals surface area (Å²) < 4.78 is 6.16. The lowest BCUT2D eigenvalue weighted by atomic mass is 9.84. The molecule has 0 fully saturated rings. The minimum atomic E-state index is -0.625. The largest absolute Gasteiger partial charge is 0.465 e. The van der Waals surface area contributed by atoms with Gasteiger partial charge in [0.1, 0.15) is 10.7 Å². The van der Waals surface area contributed by atoms with Crippen molar-refractivity contribution in [3.8, 4) is 11.4 Å². The number of hydrogen-bond donors (Lipinski definition) is 0. The SMILES string of the molecule is COC(=O)c1cc2c(n(C)c1=O)-c1nc(Cl)ccc1CC2C. The molecule has 2 aromatic rings. The Bertz CT molecular complexity index is 842. The lowest BCUT2D eigenvalue weighted by Gasteiger charge is -2.26. The van der Waals surface area contributed by atoms with Crippen molar-refractivity contribution in [2.24, 2.45) is 7.05 Å². The summed E-state index contributed by atoms with van der Waals surface area (Å²) in [6, 6.07) is 5.31. The average Bonchev–Trinajstić information content (AvgIpc) is 2.50. The van der Waals surface area contributed by atoms with Crippen molar-refractivity contribution in [2.75, 3.05) is 7.11 Å². The zero-order valence-corrected chi connectivity index (χ0v) is 13.3. The summed E-state index contributed by atoms with van der Waals surface area (Å²) in [7, 11) is 2.90. The molecule has 6 heteroatoms. The second-order valence-corrected chi connectivity index (χ2v) is 5.85. The highest BCUT2D eigenvalue weighted by Crippen LogP contribution is 2.38. The molecule has 0 saturated heterocycles. The van der Waals surface area contributed by atoms with Gasteiger partial charge in [-0.1, -0.05) is 24.6 Å². The van der Waals surface area contributed by atoms with E-state index in [0.29, 0.717) is 16.5 Å². The van der Waals surface area contributed by atoms with Gasteiger partial charge in [0.2, 0.25) is 0 Å². The van der Waals surface area contributed by atoms with Crippen LogP contribution >= 0.6 is 11.6 Å². The fourth-order valence-electron chi connectivity index (χ4n) is 2.96. The molecule has 1 aliphatic rings. The fourth-order valence-corrected chi connectivity index (χ4v) is 3.11. The highest BCUT2D eigenvalue weighted by atomic mass is 35.5. The number of ether oxygens (including phenoxy) is 1. The normalized spacial score (nSPS) is 15.9. The number of methoxy groups -OCH3 is 1. The number of pyridine rings is 2. The van der Waals surface area contributed by atoms with Gasteiger partial charge in [0, 0.05) is 7.05 Å². The van der Waals surface area contributed by atoms with Crippen molar-refractivity contribution in [1.82, 2.24) is 9.55 Å². The predicted octanol–water partition coefficient (Wildman–Crippen LogP) is 2.55. The summed E-state index contributed by atoms with van der Waals surface area (Å²) in [4.78, 5) is 28.6. The minimum Gasteiger partial charge on any atom is -0.465 e. The number of aromatic nitrogens is 2. The van der Waals surface area contributed by atoms with E-state index in [1.54, 1.807) is 19.2 Å². The van der Waals surface area contributed by atoms with E-state index in [0.717, 1.165) is 17.5 Å². The zero-order chi connectivity index (χ0) is 16.0. The first kappa shape index (κ1) is 14.8. The zero-order valence-electron chi connectivity index (χ0n) is 12.5. The molecule has 1 unspecified atom stereocenters. The summed E-state index contributed by atoms with van der Waals surface area (Å²) in [6.07, 6.45) is 0.783. The van der Waals surface area contributed by atoms with E-state index in [1.807, 2.05) is 6.07 Å². The minimum absolute atomic E-state index is 0.0427. The van der Waals surface area contributed by atoms with Crippen LogP contribution in [0.3, 0.4) is 0 Å². The molecule has 0 N–H and O–H groups in total. The monoisotopic (exact) mass is 318 g/mol. The van der Waals surface area contributed by atoms with Crippen molar-refractivity contribution < 1.29 is 9.53 Å². The van der Waals surface area contributed by atoms with Gasteiger partial charge in [0.15, 0.2) is 0 Å². The highest BCUT2D eigenvalue weighted by Gasteiger charge is 2.28. The molecule has 0 saturated carbocycles. The number of hydrogen-bond acceptors (Lipinski definition) is 4. The van der Waals surface area contributed by atoms with Crippen molar-refractivity contribution in [3.63, 3.8) is 0 Å². The number of esters is 1. The smallest absolute Gasteiger partial charge is 0.343 e. The molecule has 2 heterocycles. The molecule has 0 aromatic carbocycles. The first-order valence-electron chi connectivity index (χ1n) is 6.92. The lowest BCUT2D eigenvalue weighted by Crippen LogP contribution is -2.29. The van der Waals surface area contributed by atoms with Crippen LogP contribution in [0.2, 0.25) is 5.15 Å². The summed E-state index contributed by atoms with van der Waals surface area (Å²) in [5.41, 5.74) is 3.02. The topological polar surface area (TPSA) is 61.2 Å². The van der Waals surface area contributed by atoms with E-state index in [1.165, 1.54) is 11.7 Å². The molecular formula is C16H15ClN2O3. The van der Waals surface area contributed by atoms with E-state index in [2.05, 4.69) is 11.9 Å². The van der Waals surface area contributed by atoms with Gasteiger partial charge in [-0.05, 0) is 35.6 Å². The van der Waals surface area contributed by atoms with Crippen LogP contribution in [-0.4, -0.2) is 22.6 Å². The van der Waals surface area contributed by atoms with Crippen LogP contribution in [0.1, 0.15) is 34.3 Å². The van der Waals surface area contributed by atoms with Gasteiger partial charge in [-0.3, -0.25) is 4.79 Å². The Morgan fingerprint density at radius 2 is 2.18 bits per heavy atom. The molecule has 0 aliphatic heterocycles. The van der Waals surface area contributed by atoms with Gasteiger partial charge in [0.05, 0.1) is 18.5 Å². The number of carbonyl (C=O) groups excluding carboxylic acids is 1. The van der Waals surface area contributed by atoms with Crippen molar-refractivity contribution >= 4 is 17.6 Å². The average molecular weight is 319 g/mol. The molecule has 1 aliphatic carbocycles. The van der Waals surface area contributed by atoms with Gasteiger partial charge in [-0.25, -0.2) is 9.78 Å². The molecule has 114 valence electrons. The van der Waals surface area contributed by atoms with Gasteiger partial charge < -0.3 is 9.30 Å². The first-order chi connectivity index (χ1) is 10.4. The molecule has 22 heavy (non-hydrogen) atoms. The number of fused-ring (bicyclic) bond motifs is 3. The maximum absolute atomic E-state index is 12.4. The van der Waals surface area contributed by atoms with Crippen LogP contribution in [0, 0.1) is 0 Å². The second kappa shape index (κ2) is 5.25. The van der Waals surface area contributed by atoms with Crippen LogP contribution in [0.5, 0.6) is 0 Å². The van der Waals surface area contributed by atoms with E-state index in [-0.39, 0.29) is 11.5 Å². The maximum atomic E-state index is 12.4. The van der Waals surface area contributed by atoms with Crippen molar-refractivity contribution in [1.29, 1.82) is 0 Å². The first-order valence-corrected chi connectivity index (χ1v) is 7.30. The molecule has 0 radical (unpaired) electrons. The summed E-state index contributed by atoms with van der Waals surface area (Å²) in [5, 5.41) is 0.378. The summed E-state index contributed by atoms with van der Waals surface area (Å²) >= 11 is 6.00. The number of carbonyl (C=O) groups is 1. The predicted molar refractivity (Wildman–Crippen MR) is 83.4 cm³/mol. The van der Waals surface area contributed by atoms with Crippen LogP contribution < -0.4 is 5.56 Å². The van der Waals surface area contributed by atoms with E-state index >= 15 is 0 Å². The molecule has 2 aromatic heterocycles. The third-order valence-electron chi connectivity index (χ3n) is 4.08. The van der Waals surface area contributed by atoms with Crippen LogP contribution in [0.4, 0.5) is 0 Å². The van der Waals surface area contributed by atoms with Crippen molar-refractivity contribution in [3.05, 3.63) is 50.4 Å². The number of rotatable bonds is 1. The molecular weight excluding hydrogens is 304 g/mol. The Morgan fingerprint density at radius 1 is 1.45 bits per heavy atom. The molecule has 5 nitrogen and oxygen atoms in total. The van der Waals surface area contributed by atoms with E-state index in [4.69, 9.17) is 16.3 Å². The van der Waals surface area contributed by atoms with Crippen LogP contribution in [-0.2, 0) is 18.2 Å². The molecule has 0 spiro atoms. The maximum Gasteiger partial charge on any atom is 0.343 e. The van der Waals surface area contributed by atoms with Crippen LogP contribution in [0.25, 0.3) is 11.4 Å². The van der Waals surface area contributed by atoms with Gasteiger partial charge in [0.25, 0.3) is 5.56 Å². The van der Waals surface area contributed by atoms with E-state index in [9.17, 15) is 9.59 Å². The van der Waals surface area contributed by atoms with E-state index < -0.39 is 11.5 Å². The summed E-state index contributed by atoms with van der Waals surface area (Å²) in [5.74, 6) is -0.457. The molecule has 3 rings (SSSR count). The highest BCUT2D eigenvalue weighted by molar-refractivity contribution is 6.29. The lowest BCUT2D eigenvalue weighted by molar-refractivity contribution is 0.0598. The Labute approximate surface area is 132 Å². The van der Waals surface area contributed by atoms with Crippen LogP contribution in [0.15, 0.2) is 23.0 Å². The third-order valence-corrected chi connectivity index (χ3v) is 4.29. The second-order valence-electron chi connectivity index (χ2n) is 5.46. The Morgan fingerprint density at radius 3 is 2.86 bits per heavy atom. The molecule has 1 atom stereocenters. The summed E-state index contributed by atoms with van der Waals surface area (Å²) in [6.45, 7) is 2.06. The fraction of sp³-hybridized carbons (Fsp3) is 0.312. The Hall–Kier alpha value is -2.14. The molecule has 0 amide bonds. The van der Waals surface area contributed by atoms with Gasteiger partial charge >= 0.3 is 5.97 Å². The Kier molecular flexibility index (Phi) is 3.53.